The Morgan fingerprint density at radius 2 is 2.02 bits per heavy atom. The summed E-state index contributed by atoms with van der Waals surface area (Å²) < 4.78 is 52.3. The summed E-state index contributed by atoms with van der Waals surface area (Å²) in [6.45, 7) is 7.40. The van der Waals surface area contributed by atoms with Crippen LogP contribution in [0.2, 0.25) is 0 Å². The molecule has 11 nitrogen and oxygen atoms in total. The van der Waals surface area contributed by atoms with Crippen LogP contribution in [0.15, 0.2) is 30.5 Å². The highest BCUT2D eigenvalue weighted by atomic mass is 32.2. The van der Waals surface area contributed by atoms with Gasteiger partial charge >= 0.3 is 6.09 Å². The van der Waals surface area contributed by atoms with E-state index in [1.807, 2.05) is 6.92 Å². The number of likely N-dealkylation sites (tertiary alicyclic amines) is 1. The molecule has 3 aromatic rings. The highest BCUT2D eigenvalue weighted by Gasteiger charge is 2.33. The number of amides is 1. The lowest BCUT2D eigenvalue weighted by molar-refractivity contribution is 0.0124. The lowest BCUT2D eigenvalue weighted by Crippen LogP contribution is -2.51. The molecule has 0 radical (unpaired) electrons. The summed E-state index contributed by atoms with van der Waals surface area (Å²) in [5.41, 5.74) is 1.28. The molecule has 0 spiro atoms. The third kappa shape index (κ3) is 6.78. The van der Waals surface area contributed by atoms with Crippen LogP contribution in [0.1, 0.15) is 37.8 Å². The van der Waals surface area contributed by atoms with Crippen LogP contribution < -0.4 is 14.8 Å². The van der Waals surface area contributed by atoms with Crippen molar-refractivity contribution in [2.45, 2.75) is 58.4 Å². The number of benzene rings is 1. The maximum atomic E-state index is 14.5. The number of hydrogen-bond donors (Lipinski definition) is 2. The van der Waals surface area contributed by atoms with Crippen molar-refractivity contribution in [3.8, 4) is 22.2 Å². The maximum Gasteiger partial charge on any atom is 0.410 e. The molecule has 1 amide bonds. The number of fused-ring (bicyclic) bond motifs is 1. The third-order valence-corrected chi connectivity index (χ3v) is 8.42. The van der Waals surface area contributed by atoms with Crippen LogP contribution >= 0.6 is 11.3 Å². The molecular weight excluding hydrogens is 559 g/mol. The molecule has 0 aliphatic carbocycles. The topological polar surface area (TPSA) is 136 Å². The number of carbonyl (C=O) groups excluding carboxylic acids is 1. The van der Waals surface area contributed by atoms with Gasteiger partial charge in [-0.3, -0.25) is 4.72 Å². The number of halogens is 1. The van der Waals surface area contributed by atoms with Crippen molar-refractivity contribution < 1.29 is 27.1 Å². The number of aryl methyl sites for hydroxylation is 2. The van der Waals surface area contributed by atoms with Crippen LogP contribution in [0.5, 0.6) is 11.6 Å². The van der Waals surface area contributed by atoms with Crippen LogP contribution in [0.4, 0.5) is 20.8 Å². The van der Waals surface area contributed by atoms with Gasteiger partial charge in [0.05, 0.1) is 28.7 Å². The summed E-state index contributed by atoms with van der Waals surface area (Å²) in [5.74, 6) is 1.19. The second-order valence-electron chi connectivity index (χ2n) is 10.8. The molecule has 1 saturated heterocycles. The van der Waals surface area contributed by atoms with Gasteiger partial charge in [-0.15, -0.1) is 11.3 Å². The van der Waals surface area contributed by atoms with Gasteiger partial charge in [-0.1, -0.05) is 0 Å². The van der Waals surface area contributed by atoms with E-state index in [0.717, 1.165) is 10.6 Å². The zero-order valence-corrected chi connectivity index (χ0v) is 24.2. The van der Waals surface area contributed by atoms with E-state index < -0.39 is 33.9 Å². The maximum absolute atomic E-state index is 14.5. The number of piperidine rings is 1. The Balaban J connectivity index is 1.32. The quantitative estimate of drug-likeness (QED) is 0.431. The number of carbonyl (C=O) groups is 1. The van der Waals surface area contributed by atoms with Gasteiger partial charge in [0.1, 0.15) is 22.4 Å². The van der Waals surface area contributed by atoms with Gasteiger partial charge < -0.3 is 19.7 Å². The first-order valence-electron chi connectivity index (χ1n) is 12.8. The number of ether oxygens (including phenoxy) is 2. The smallest absolute Gasteiger partial charge is 0.410 e. The van der Waals surface area contributed by atoms with E-state index in [2.05, 4.69) is 25.0 Å². The van der Waals surface area contributed by atoms with Crippen molar-refractivity contribution in [1.82, 2.24) is 19.9 Å². The molecule has 2 aliphatic heterocycles. The average Bonchev–Trinajstić information content (AvgIpc) is 3.22. The first-order chi connectivity index (χ1) is 18.8. The Kier molecular flexibility index (Phi) is 7.57. The van der Waals surface area contributed by atoms with Crippen molar-refractivity contribution in [3.63, 3.8) is 0 Å². The molecule has 1 aromatic carbocycles. The largest absolute Gasteiger partial charge is 0.444 e. The summed E-state index contributed by atoms with van der Waals surface area (Å²) in [4.78, 5) is 28.0. The van der Waals surface area contributed by atoms with Crippen LogP contribution in [0.3, 0.4) is 0 Å². The van der Waals surface area contributed by atoms with Gasteiger partial charge in [0.2, 0.25) is 21.9 Å². The SMILES string of the molecule is Cc1nc(Oc2ccc3c(c2)CCS(=O)(=O)N3)c(-c2ccnc(N[C@H]3C[C@H](F)CN(C(=O)OC(C)(C)C)C3)n2)s1. The predicted molar refractivity (Wildman–Crippen MR) is 150 cm³/mol. The molecule has 0 saturated carbocycles. The number of anilines is 2. The van der Waals surface area contributed by atoms with E-state index in [9.17, 15) is 17.6 Å². The van der Waals surface area contributed by atoms with Gasteiger partial charge in [0, 0.05) is 25.2 Å². The summed E-state index contributed by atoms with van der Waals surface area (Å²) in [6, 6.07) is 6.49. The number of aromatic nitrogens is 3. The molecule has 4 heterocycles. The molecular formula is C26H31FN6O5S2. The fraction of sp³-hybridized carbons (Fsp3) is 0.462. The number of rotatable bonds is 5. The zero-order valence-electron chi connectivity index (χ0n) is 22.6. The first kappa shape index (κ1) is 28.0. The fourth-order valence-electron chi connectivity index (χ4n) is 4.51. The Labute approximate surface area is 236 Å². The van der Waals surface area contributed by atoms with Crippen LogP contribution in [-0.2, 0) is 21.2 Å². The predicted octanol–water partition coefficient (Wildman–Crippen LogP) is 4.76. The molecule has 1 fully saturated rings. The normalized spacial score (nSPS) is 20.3. The van der Waals surface area contributed by atoms with Gasteiger partial charge in [0.25, 0.3) is 0 Å². The molecule has 2 atom stereocenters. The minimum absolute atomic E-state index is 0.0148. The highest BCUT2D eigenvalue weighted by Crippen LogP contribution is 2.38. The lowest BCUT2D eigenvalue weighted by atomic mass is 10.0. The minimum atomic E-state index is -3.31. The minimum Gasteiger partial charge on any atom is -0.444 e. The molecule has 2 aromatic heterocycles. The monoisotopic (exact) mass is 590 g/mol. The van der Waals surface area contributed by atoms with Crippen LogP contribution in [0.25, 0.3) is 10.6 Å². The van der Waals surface area contributed by atoms with Crippen molar-refractivity contribution in [1.29, 1.82) is 0 Å². The Morgan fingerprint density at radius 1 is 1.23 bits per heavy atom. The molecule has 2 N–H and O–H groups in total. The number of nitrogens with zero attached hydrogens (tertiary/aromatic N) is 4. The first-order valence-corrected chi connectivity index (χ1v) is 15.3. The summed E-state index contributed by atoms with van der Waals surface area (Å²) >= 11 is 1.40. The molecule has 0 bridgehead atoms. The van der Waals surface area contributed by atoms with E-state index in [1.165, 1.54) is 16.2 Å². The van der Waals surface area contributed by atoms with E-state index in [1.54, 1.807) is 51.2 Å². The van der Waals surface area contributed by atoms with Crippen molar-refractivity contribution in [3.05, 3.63) is 41.0 Å². The Hall–Kier alpha value is -3.52. The summed E-state index contributed by atoms with van der Waals surface area (Å²) in [6.07, 6.45) is 0.416. The van der Waals surface area contributed by atoms with Crippen LogP contribution in [-0.4, -0.2) is 71.0 Å². The molecule has 14 heteroatoms. The Bertz CT molecular complexity index is 1520. The van der Waals surface area contributed by atoms with E-state index in [0.29, 0.717) is 40.3 Å². The standard InChI is InChI=1S/C26H31FN6O5S2/c1-15-29-23(37-19-5-6-20-16(11-19)8-10-40(35,36)32-20)22(39-15)21-7-9-28-24(31-21)30-18-12-17(27)13-33(14-18)25(34)38-26(2,3)4/h5-7,9,11,17-18,32H,8,10,12-14H2,1-4H3,(H,28,30,31)/t17-,18-/m0/s1. The molecule has 214 valence electrons. The molecule has 0 unspecified atom stereocenters. The van der Waals surface area contributed by atoms with Crippen LogP contribution in [0, 0.1) is 6.92 Å². The lowest BCUT2D eigenvalue weighted by Gasteiger charge is -2.36. The number of nitrogens with one attached hydrogen (secondary N) is 2. The van der Waals surface area contributed by atoms with Crippen molar-refractivity contribution >= 4 is 39.1 Å². The number of hydrogen-bond acceptors (Lipinski definition) is 10. The molecule has 40 heavy (non-hydrogen) atoms. The average molecular weight is 591 g/mol. The zero-order chi connectivity index (χ0) is 28.7. The summed E-state index contributed by atoms with van der Waals surface area (Å²) in [5, 5.41) is 3.93. The number of thiazole rings is 1. The second-order valence-corrected chi connectivity index (χ2v) is 13.8. The third-order valence-electron chi connectivity index (χ3n) is 6.17. The highest BCUT2D eigenvalue weighted by molar-refractivity contribution is 7.92. The molecule has 5 rings (SSSR count). The van der Waals surface area contributed by atoms with Gasteiger partial charge in [0.15, 0.2) is 0 Å². The second kappa shape index (κ2) is 10.8. The van der Waals surface area contributed by atoms with E-state index in [-0.39, 0.29) is 25.3 Å². The van der Waals surface area contributed by atoms with Gasteiger partial charge in [-0.2, -0.15) is 0 Å². The van der Waals surface area contributed by atoms with Crippen molar-refractivity contribution in [2.75, 3.05) is 28.9 Å². The Morgan fingerprint density at radius 3 is 2.80 bits per heavy atom. The van der Waals surface area contributed by atoms with Gasteiger partial charge in [-0.25, -0.2) is 32.6 Å². The summed E-state index contributed by atoms with van der Waals surface area (Å²) in [7, 11) is -3.31. The number of alkyl halides is 1. The van der Waals surface area contributed by atoms with Crippen molar-refractivity contribution in [2.24, 2.45) is 0 Å². The molecule has 2 aliphatic rings. The number of sulfonamides is 1. The fourth-order valence-corrected chi connectivity index (χ4v) is 6.45. The van der Waals surface area contributed by atoms with E-state index in [4.69, 9.17) is 9.47 Å². The van der Waals surface area contributed by atoms with E-state index >= 15 is 0 Å². The van der Waals surface area contributed by atoms with Gasteiger partial charge in [-0.05, 0) is 63.9 Å².